The van der Waals surface area contributed by atoms with Crippen molar-refractivity contribution in [3.63, 3.8) is 0 Å². The standard InChI is InChI=1S/C21H18N2O/c22-14-19(13-16-7-2-1-3-8-16)21(24)23-15-18-11-6-10-17-9-4-5-12-20(17)18/h1-12,19H,13,15H2,(H,23,24). The number of rotatable bonds is 5. The van der Waals surface area contributed by atoms with Gasteiger partial charge in [0, 0.05) is 6.54 Å². The van der Waals surface area contributed by atoms with Gasteiger partial charge < -0.3 is 5.32 Å². The summed E-state index contributed by atoms with van der Waals surface area (Å²) in [7, 11) is 0. The van der Waals surface area contributed by atoms with Crippen molar-refractivity contribution in [1.29, 1.82) is 5.26 Å². The van der Waals surface area contributed by atoms with Crippen LogP contribution in [0.2, 0.25) is 0 Å². The van der Waals surface area contributed by atoms with E-state index in [-0.39, 0.29) is 5.91 Å². The first kappa shape index (κ1) is 15.8. The highest BCUT2D eigenvalue weighted by Crippen LogP contribution is 2.18. The van der Waals surface area contributed by atoms with Crippen molar-refractivity contribution in [2.45, 2.75) is 13.0 Å². The van der Waals surface area contributed by atoms with Gasteiger partial charge in [-0.3, -0.25) is 4.79 Å². The van der Waals surface area contributed by atoms with Crippen molar-refractivity contribution < 1.29 is 4.79 Å². The normalized spacial score (nSPS) is 11.6. The number of hydrogen-bond donors (Lipinski definition) is 1. The maximum Gasteiger partial charge on any atom is 0.237 e. The van der Waals surface area contributed by atoms with Gasteiger partial charge >= 0.3 is 0 Å². The van der Waals surface area contributed by atoms with E-state index >= 15 is 0 Å². The van der Waals surface area contributed by atoms with Gasteiger partial charge in [0.15, 0.2) is 0 Å². The number of hydrogen-bond acceptors (Lipinski definition) is 2. The summed E-state index contributed by atoms with van der Waals surface area (Å²) in [6.45, 7) is 0.424. The average Bonchev–Trinajstić information content (AvgIpc) is 2.65. The summed E-state index contributed by atoms with van der Waals surface area (Å²) in [5.74, 6) is -0.906. The first-order valence-corrected chi connectivity index (χ1v) is 7.96. The number of carbonyl (C=O) groups is 1. The highest BCUT2D eigenvalue weighted by molar-refractivity contribution is 5.86. The van der Waals surface area contributed by atoms with E-state index < -0.39 is 5.92 Å². The highest BCUT2D eigenvalue weighted by atomic mass is 16.1. The molecule has 0 fully saturated rings. The molecule has 1 amide bonds. The van der Waals surface area contributed by atoms with Crippen molar-refractivity contribution in [2.24, 2.45) is 5.92 Å². The summed E-state index contributed by atoms with van der Waals surface area (Å²) < 4.78 is 0. The highest BCUT2D eigenvalue weighted by Gasteiger charge is 2.18. The summed E-state index contributed by atoms with van der Waals surface area (Å²) >= 11 is 0. The van der Waals surface area contributed by atoms with Crippen LogP contribution in [0, 0.1) is 17.2 Å². The smallest absolute Gasteiger partial charge is 0.237 e. The number of amides is 1. The van der Waals surface area contributed by atoms with Crippen LogP contribution in [0.5, 0.6) is 0 Å². The zero-order valence-corrected chi connectivity index (χ0v) is 13.3. The van der Waals surface area contributed by atoms with Crippen LogP contribution >= 0.6 is 0 Å². The van der Waals surface area contributed by atoms with Crippen LogP contribution in [-0.4, -0.2) is 5.91 Å². The molecule has 1 unspecified atom stereocenters. The Hall–Kier alpha value is -3.12. The molecular formula is C21H18N2O. The van der Waals surface area contributed by atoms with Crippen LogP contribution in [-0.2, 0) is 17.8 Å². The fourth-order valence-corrected chi connectivity index (χ4v) is 2.80. The molecule has 0 radical (unpaired) electrons. The third-order valence-electron chi connectivity index (χ3n) is 4.09. The van der Waals surface area contributed by atoms with Crippen LogP contribution < -0.4 is 5.32 Å². The van der Waals surface area contributed by atoms with Crippen LogP contribution in [0.1, 0.15) is 11.1 Å². The van der Waals surface area contributed by atoms with E-state index in [9.17, 15) is 10.1 Å². The van der Waals surface area contributed by atoms with E-state index in [0.29, 0.717) is 13.0 Å². The Morgan fingerprint density at radius 3 is 2.46 bits per heavy atom. The second kappa shape index (κ2) is 7.43. The molecule has 3 aromatic carbocycles. The Labute approximate surface area is 141 Å². The second-order valence-electron chi connectivity index (χ2n) is 5.73. The molecule has 3 nitrogen and oxygen atoms in total. The quantitative estimate of drug-likeness (QED) is 0.778. The minimum atomic E-state index is -0.678. The molecule has 0 aliphatic rings. The Bertz CT molecular complexity index is 876. The SMILES string of the molecule is N#CC(Cc1ccccc1)C(=O)NCc1cccc2ccccc12. The molecular weight excluding hydrogens is 296 g/mol. The monoisotopic (exact) mass is 314 g/mol. The molecule has 1 atom stereocenters. The van der Waals surface area contributed by atoms with E-state index in [1.54, 1.807) is 0 Å². The van der Waals surface area contributed by atoms with Gasteiger partial charge in [0.2, 0.25) is 5.91 Å². The third-order valence-corrected chi connectivity index (χ3v) is 4.09. The zero-order valence-electron chi connectivity index (χ0n) is 13.3. The topological polar surface area (TPSA) is 52.9 Å². The summed E-state index contributed by atoms with van der Waals surface area (Å²) in [5, 5.41) is 14.5. The van der Waals surface area contributed by atoms with E-state index in [0.717, 1.165) is 21.9 Å². The van der Waals surface area contributed by atoms with Crippen LogP contribution in [0.3, 0.4) is 0 Å². The van der Waals surface area contributed by atoms with Gasteiger partial charge in [-0.25, -0.2) is 0 Å². The molecule has 0 aliphatic heterocycles. The fraction of sp³-hybridized carbons (Fsp3) is 0.143. The summed E-state index contributed by atoms with van der Waals surface area (Å²) in [4.78, 5) is 12.4. The van der Waals surface area contributed by atoms with E-state index in [4.69, 9.17) is 0 Å². The summed E-state index contributed by atoms with van der Waals surface area (Å²) in [6, 6.07) is 25.8. The Morgan fingerprint density at radius 1 is 0.958 bits per heavy atom. The minimum Gasteiger partial charge on any atom is -0.351 e. The average molecular weight is 314 g/mol. The van der Waals surface area contributed by atoms with Gasteiger partial charge in [0.05, 0.1) is 6.07 Å². The van der Waals surface area contributed by atoms with Crippen molar-refractivity contribution in [3.8, 4) is 6.07 Å². The number of carbonyl (C=O) groups excluding carboxylic acids is 1. The lowest BCUT2D eigenvalue weighted by atomic mass is 9.99. The van der Waals surface area contributed by atoms with Gasteiger partial charge in [-0.1, -0.05) is 72.8 Å². The molecule has 0 aliphatic carbocycles. The molecule has 118 valence electrons. The number of nitriles is 1. The second-order valence-corrected chi connectivity index (χ2v) is 5.73. The largest absolute Gasteiger partial charge is 0.351 e. The molecule has 0 bridgehead atoms. The Morgan fingerprint density at radius 2 is 1.67 bits per heavy atom. The van der Waals surface area contributed by atoms with Gasteiger partial charge in [-0.2, -0.15) is 5.26 Å². The summed E-state index contributed by atoms with van der Waals surface area (Å²) in [6.07, 6.45) is 0.429. The van der Waals surface area contributed by atoms with Crippen LogP contribution in [0.4, 0.5) is 0 Å². The molecule has 0 saturated carbocycles. The lowest BCUT2D eigenvalue weighted by Gasteiger charge is -2.12. The molecule has 0 saturated heterocycles. The number of benzene rings is 3. The minimum absolute atomic E-state index is 0.228. The van der Waals surface area contributed by atoms with Crippen molar-refractivity contribution in [3.05, 3.63) is 83.9 Å². The van der Waals surface area contributed by atoms with Crippen LogP contribution in [0.25, 0.3) is 10.8 Å². The van der Waals surface area contributed by atoms with E-state index in [2.05, 4.69) is 11.4 Å². The lowest BCUT2D eigenvalue weighted by molar-refractivity contribution is -0.123. The molecule has 0 heterocycles. The van der Waals surface area contributed by atoms with Crippen LogP contribution in [0.15, 0.2) is 72.8 Å². The number of nitrogens with zero attached hydrogens (tertiary/aromatic N) is 1. The maximum atomic E-state index is 12.4. The molecule has 24 heavy (non-hydrogen) atoms. The number of fused-ring (bicyclic) bond motifs is 1. The molecule has 3 rings (SSSR count). The van der Waals surface area contributed by atoms with Crippen molar-refractivity contribution in [2.75, 3.05) is 0 Å². The number of nitrogens with one attached hydrogen (secondary N) is 1. The Kier molecular flexibility index (Phi) is 4.88. The fourth-order valence-electron chi connectivity index (χ4n) is 2.80. The molecule has 3 heteroatoms. The third kappa shape index (κ3) is 3.61. The zero-order chi connectivity index (χ0) is 16.8. The molecule has 3 aromatic rings. The van der Waals surface area contributed by atoms with Gasteiger partial charge in [0.25, 0.3) is 0 Å². The van der Waals surface area contributed by atoms with E-state index in [1.165, 1.54) is 0 Å². The molecule has 0 spiro atoms. The van der Waals surface area contributed by atoms with Crippen molar-refractivity contribution >= 4 is 16.7 Å². The first-order chi connectivity index (χ1) is 11.8. The summed E-state index contributed by atoms with van der Waals surface area (Å²) in [5.41, 5.74) is 2.04. The predicted octanol–water partition coefficient (Wildman–Crippen LogP) is 3.84. The maximum absolute atomic E-state index is 12.4. The first-order valence-electron chi connectivity index (χ1n) is 7.96. The van der Waals surface area contributed by atoms with E-state index in [1.807, 2.05) is 72.8 Å². The van der Waals surface area contributed by atoms with Gasteiger partial charge in [-0.05, 0) is 28.3 Å². The predicted molar refractivity (Wildman–Crippen MR) is 95.0 cm³/mol. The van der Waals surface area contributed by atoms with Gasteiger partial charge in [0.1, 0.15) is 5.92 Å². The molecule has 0 aromatic heterocycles. The molecule has 1 N–H and O–H groups in total. The van der Waals surface area contributed by atoms with Crippen molar-refractivity contribution in [1.82, 2.24) is 5.32 Å². The van der Waals surface area contributed by atoms with Gasteiger partial charge in [-0.15, -0.1) is 0 Å². The Balaban J connectivity index is 1.69. The lowest BCUT2D eigenvalue weighted by Crippen LogP contribution is -2.30.